The van der Waals surface area contributed by atoms with Gasteiger partial charge in [-0.3, -0.25) is 19.2 Å². The number of Topliss-reactive ketones (excluding diaryl/α,β-unsaturated/α-hetero) is 4. The fraction of sp³-hybridized carbons (Fsp3) is 0.481. The second kappa shape index (κ2) is 18.8. The number of carbonyl (C=O) groups is 6. The predicted octanol–water partition coefficient (Wildman–Crippen LogP) is 7.19. The Kier molecular flexibility index (Phi) is 14.1. The van der Waals surface area contributed by atoms with E-state index in [9.17, 15) is 9.59 Å². The van der Waals surface area contributed by atoms with Crippen LogP contribution in [0.5, 0.6) is 0 Å². The van der Waals surface area contributed by atoms with Crippen molar-refractivity contribution in [2.24, 2.45) is 17.8 Å². The van der Waals surface area contributed by atoms with E-state index in [4.69, 9.17) is 9.47 Å². The maximum Gasteiger partial charge on any atom is 0.408 e. The fourth-order valence-corrected chi connectivity index (χ4v) is 10.2. The van der Waals surface area contributed by atoms with E-state index in [2.05, 4.69) is 26.6 Å². The molecule has 5 N–H and O–H groups in total. The number of benzene rings is 2. The normalized spacial score (nSPS) is 25.7. The van der Waals surface area contributed by atoms with E-state index in [1.165, 1.54) is 19.5 Å². The van der Waals surface area contributed by atoms with Crippen LogP contribution in [0.3, 0.4) is 0 Å². The SMILES string of the molecule is COC(=O)[C@@](Cc1ccccc1)(NC(=O)OC(C)(C)C)C1=CN[C@](C2=CN[C@@](CC(C)C)(C3=CN[C@@](CC(C)C)(C4=CN[C@](CC=C(C)C)(Cc5ccccc5)C4=O)C3=O)C2=O)(C(C)C)C1=O. The molecule has 4 aliphatic heterocycles. The molecule has 2 aromatic carbocycles. The quantitative estimate of drug-likeness (QED) is 0.0798. The van der Waals surface area contributed by atoms with Gasteiger partial charge in [0.2, 0.25) is 0 Å². The largest absolute Gasteiger partial charge is 0.467 e. The minimum absolute atomic E-state index is 0.0478. The molecule has 13 nitrogen and oxygen atoms in total. The van der Waals surface area contributed by atoms with E-state index in [1.54, 1.807) is 71.3 Å². The molecule has 4 aliphatic rings. The lowest BCUT2D eigenvalue weighted by atomic mass is 9.66. The average Bonchev–Trinajstić information content (AvgIpc) is 3.97. The molecule has 5 atom stereocenters. The van der Waals surface area contributed by atoms with E-state index in [-0.39, 0.29) is 53.6 Å². The molecule has 0 fully saturated rings. The molecule has 0 radical (unpaired) electrons. The maximum absolute atomic E-state index is 15.7. The van der Waals surface area contributed by atoms with E-state index in [0.29, 0.717) is 24.0 Å². The number of rotatable bonds is 17. The van der Waals surface area contributed by atoms with E-state index in [1.807, 2.05) is 84.0 Å². The molecule has 1 amide bonds. The van der Waals surface area contributed by atoms with Gasteiger partial charge in [0.1, 0.15) is 27.8 Å². The Bertz CT molecular complexity index is 2460. The first kappa shape index (κ1) is 50.2. The monoisotopic (exact) mass is 916 g/mol. The lowest BCUT2D eigenvalue weighted by Gasteiger charge is -2.39. The van der Waals surface area contributed by atoms with Crippen LogP contribution in [0.25, 0.3) is 0 Å². The average molecular weight is 916 g/mol. The van der Waals surface area contributed by atoms with Crippen LogP contribution < -0.4 is 26.6 Å². The van der Waals surface area contributed by atoms with Gasteiger partial charge in [0.05, 0.1) is 12.7 Å². The van der Waals surface area contributed by atoms with Gasteiger partial charge in [-0.1, -0.05) is 114 Å². The van der Waals surface area contributed by atoms with Crippen molar-refractivity contribution >= 4 is 35.2 Å². The summed E-state index contributed by atoms with van der Waals surface area (Å²) in [6, 6.07) is 18.7. The summed E-state index contributed by atoms with van der Waals surface area (Å²) in [6.45, 7) is 20.5. The number of methoxy groups -OCH3 is 1. The highest BCUT2D eigenvalue weighted by Crippen LogP contribution is 2.48. The van der Waals surface area contributed by atoms with Gasteiger partial charge in [0.25, 0.3) is 0 Å². The van der Waals surface area contributed by atoms with Gasteiger partial charge < -0.3 is 36.1 Å². The molecule has 67 heavy (non-hydrogen) atoms. The van der Waals surface area contributed by atoms with E-state index >= 15 is 19.2 Å². The Labute approximate surface area is 395 Å². The summed E-state index contributed by atoms with van der Waals surface area (Å²) in [7, 11) is 1.17. The van der Waals surface area contributed by atoms with Gasteiger partial charge in [-0.15, -0.1) is 0 Å². The van der Waals surface area contributed by atoms with Crippen molar-refractivity contribution in [3.63, 3.8) is 0 Å². The summed E-state index contributed by atoms with van der Waals surface area (Å²) in [5.41, 5.74) is -6.08. The van der Waals surface area contributed by atoms with E-state index in [0.717, 1.165) is 11.1 Å². The van der Waals surface area contributed by atoms with Crippen LogP contribution >= 0.6 is 0 Å². The zero-order valence-corrected chi connectivity index (χ0v) is 41.2. The lowest BCUT2D eigenvalue weighted by Crippen LogP contribution is -2.62. The van der Waals surface area contributed by atoms with Gasteiger partial charge in [0.15, 0.2) is 28.7 Å². The maximum atomic E-state index is 15.7. The Hall–Kier alpha value is -6.24. The Balaban J connectivity index is 1.41. The van der Waals surface area contributed by atoms with Crippen molar-refractivity contribution in [2.75, 3.05) is 7.11 Å². The number of alkyl carbamates (subject to hydrolysis) is 1. The summed E-state index contributed by atoms with van der Waals surface area (Å²) >= 11 is 0. The zero-order valence-electron chi connectivity index (χ0n) is 41.2. The molecule has 0 unspecified atom stereocenters. The molecule has 0 saturated heterocycles. The predicted molar refractivity (Wildman–Crippen MR) is 258 cm³/mol. The van der Waals surface area contributed by atoms with Gasteiger partial charge in [-0.25, -0.2) is 9.59 Å². The van der Waals surface area contributed by atoms with Crippen LogP contribution in [-0.4, -0.2) is 75.6 Å². The molecular weight excluding hydrogens is 847 g/mol. The van der Waals surface area contributed by atoms with Gasteiger partial charge in [0, 0.05) is 54.4 Å². The smallest absolute Gasteiger partial charge is 0.408 e. The first-order valence-electron chi connectivity index (χ1n) is 23.4. The summed E-state index contributed by atoms with van der Waals surface area (Å²) < 4.78 is 11.0. The van der Waals surface area contributed by atoms with Crippen LogP contribution in [0.15, 0.2) is 119 Å². The number of ether oxygens (including phenoxy) is 2. The minimum Gasteiger partial charge on any atom is -0.467 e. The standard InChI is InChI=1S/C54H69N5O8/c1-33(2)23-24-50(27-37-19-15-13-16-20-37)43(60)39(29-55-50)51(25-34(3)4)44(61)40(30-56-51)52(26-35(5)6)45(62)42(32-57-52)54(36(7)8)46(63)41(31-58-54)53(47(64)66-12,28-38-21-17-14-18-22-38)59-48(65)67-49(9,10)11/h13-23,29-32,34-36,55-58H,24-28H2,1-12H3,(H,59,65)/t50-,51+,52+,53+,54+/m1/s1. The lowest BCUT2D eigenvalue weighted by molar-refractivity contribution is -0.148. The second-order valence-electron chi connectivity index (χ2n) is 21.0. The third-order valence-electron chi connectivity index (χ3n) is 13.3. The molecule has 358 valence electrons. The number of allylic oxidation sites excluding steroid dienone is 1. The highest BCUT2D eigenvalue weighted by Gasteiger charge is 2.65. The number of esters is 1. The number of nitrogens with one attached hydrogen (secondary N) is 5. The van der Waals surface area contributed by atoms with Crippen LogP contribution in [0.4, 0.5) is 4.79 Å². The summed E-state index contributed by atoms with van der Waals surface area (Å²) in [4.78, 5) is 90.0. The van der Waals surface area contributed by atoms with Crippen LogP contribution in [0.2, 0.25) is 0 Å². The summed E-state index contributed by atoms with van der Waals surface area (Å²) in [5.74, 6) is -3.49. The summed E-state index contributed by atoms with van der Waals surface area (Å²) in [5, 5.41) is 16.2. The zero-order chi connectivity index (χ0) is 49.3. The molecular formula is C54H69N5O8. The first-order valence-corrected chi connectivity index (χ1v) is 23.4. The van der Waals surface area contributed by atoms with Crippen LogP contribution in [0, 0.1) is 17.8 Å². The van der Waals surface area contributed by atoms with Crippen molar-refractivity contribution in [3.8, 4) is 0 Å². The topological polar surface area (TPSA) is 181 Å². The molecule has 6 rings (SSSR count). The molecule has 0 aromatic heterocycles. The van der Waals surface area contributed by atoms with Crippen molar-refractivity contribution in [1.82, 2.24) is 26.6 Å². The molecule has 13 heteroatoms. The highest BCUT2D eigenvalue weighted by molar-refractivity contribution is 6.26. The minimum atomic E-state index is -2.11. The Morgan fingerprint density at radius 3 is 1.69 bits per heavy atom. The molecule has 0 spiro atoms. The van der Waals surface area contributed by atoms with E-state index < -0.39 is 68.6 Å². The summed E-state index contributed by atoms with van der Waals surface area (Å²) in [6.07, 6.45) is 8.25. The van der Waals surface area contributed by atoms with Crippen molar-refractivity contribution in [1.29, 1.82) is 0 Å². The van der Waals surface area contributed by atoms with Gasteiger partial charge in [-0.05, 0) is 82.8 Å². The molecule has 0 saturated carbocycles. The van der Waals surface area contributed by atoms with Crippen molar-refractivity contribution in [2.45, 2.75) is 142 Å². The van der Waals surface area contributed by atoms with Gasteiger partial charge >= 0.3 is 12.1 Å². The number of ketones is 4. The van der Waals surface area contributed by atoms with Crippen molar-refractivity contribution < 1.29 is 38.2 Å². The molecule has 0 aliphatic carbocycles. The Morgan fingerprint density at radius 1 is 0.672 bits per heavy atom. The number of amides is 1. The van der Waals surface area contributed by atoms with Crippen molar-refractivity contribution in [3.05, 3.63) is 131 Å². The number of hydrogen-bond donors (Lipinski definition) is 5. The molecule has 2 aromatic rings. The third kappa shape index (κ3) is 9.13. The molecule has 4 heterocycles. The highest BCUT2D eigenvalue weighted by atomic mass is 16.6. The van der Waals surface area contributed by atoms with Crippen LogP contribution in [0.1, 0.15) is 107 Å². The first-order chi connectivity index (χ1) is 31.4. The second-order valence-corrected chi connectivity index (χ2v) is 21.0. The number of carbonyl (C=O) groups excluding carboxylic acids is 6. The molecule has 0 bridgehead atoms. The van der Waals surface area contributed by atoms with Gasteiger partial charge in [-0.2, -0.15) is 0 Å². The third-order valence-corrected chi connectivity index (χ3v) is 13.3. The van der Waals surface area contributed by atoms with Crippen LogP contribution in [-0.2, 0) is 46.3 Å². The Morgan fingerprint density at radius 2 is 1.18 bits per heavy atom. The fourth-order valence-electron chi connectivity index (χ4n) is 10.2. The number of hydrogen-bond acceptors (Lipinski definition) is 12.